The predicted octanol–water partition coefficient (Wildman–Crippen LogP) is 1.69. The van der Waals surface area contributed by atoms with E-state index in [-0.39, 0.29) is 12.5 Å². The molecular weight excluding hydrogens is 246 g/mol. The largest absolute Gasteiger partial charge is 0.481 e. The smallest absolute Gasteiger partial charge is 0.316 e. The number of aliphatic carboxylic acids is 1. The Morgan fingerprint density at radius 1 is 1.32 bits per heavy atom. The number of carbonyl (C=O) groups is 2. The van der Waals surface area contributed by atoms with Gasteiger partial charge in [0.1, 0.15) is 0 Å². The fourth-order valence-corrected chi connectivity index (χ4v) is 1.67. The summed E-state index contributed by atoms with van der Waals surface area (Å²) in [5, 5.41) is 14.3. The summed E-state index contributed by atoms with van der Waals surface area (Å²) in [7, 11) is 0. The van der Waals surface area contributed by atoms with Crippen LogP contribution in [-0.4, -0.2) is 23.7 Å². The molecule has 1 unspecified atom stereocenters. The predicted molar refractivity (Wildman–Crippen MR) is 72.9 cm³/mol. The molecule has 5 N–H and O–H groups in total. The Morgan fingerprint density at radius 3 is 2.47 bits per heavy atom. The van der Waals surface area contributed by atoms with E-state index in [0.717, 1.165) is 5.56 Å². The summed E-state index contributed by atoms with van der Waals surface area (Å²) >= 11 is 0. The molecule has 0 aliphatic carbocycles. The zero-order valence-corrected chi connectivity index (χ0v) is 10.8. The van der Waals surface area contributed by atoms with Gasteiger partial charge in [-0.25, -0.2) is 4.79 Å². The molecule has 0 fully saturated rings. The van der Waals surface area contributed by atoms with Crippen LogP contribution in [-0.2, 0) is 4.79 Å². The number of hydrogen-bond donors (Lipinski definition) is 4. The van der Waals surface area contributed by atoms with E-state index in [0.29, 0.717) is 18.7 Å². The normalized spacial score (nSPS) is 11.8. The Morgan fingerprint density at radius 2 is 1.95 bits per heavy atom. The van der Waals surface area contributed by atoms with E-state index in [1.165, 1.54) is 0 Å². The number of nitrogens with two attached hydrogens (primary N) is 1. The van der Waals surface area contributed by atoms with Crippen LogP contribution in [0, 0.1) is 0 Å². The van der Waals surface area contributed by atoms with E-state index >= 15 is 0 Å². The number of carboxylic acid groups (broad SMARTS) is 1. The van der Waals surface area contributed by atoms with Crippen molar-refractivity contribution in [2.24, 2.45) is 5.73 Å². The fraction of sp³-hybridized carbons (Fsp3) is 0.385. The highest BCUT2D eigenvalue weighted by molar-refractivity contribution is 5.87. The first-order valence-corrected chi connectivity index (χ1v) is 6.10. The Kier molecular flexibility index (Phi) is 5.81. The number of amides is 2. The summed E-state index contributed by atoms with van der Waals surface area (Å²) in [5.41, 5.74) is 6.73. The molecule has 0 aliphatic rings. The summed E-state index contributed by atoms with van der Waals surface area (Å²) < 4.78 is 0. The average Bonchev–Trinajstić information content (AvgIpc) is 2.34. The van der Waals surface area contributed by atoms with E-state index < -0.39 is 12.0 Å². The van der Waals surface area contributed by atoms with Crippen LogP contribution in [0.4, 0.5) is 10.5 Å². The van der Waals surface area contributed by atoms with Gasteiger partial charge in [0.15, 0.2) is 0 Å². The maximum Gasteiger partial charge on any atom is 0.316 e. The second-order valence-electron chi connectivity index (χ2n) is 4.28. The van der Waals surface area contributed by atoms with Crippen molar-refractivity contribution >= 4 is 17.7 Å². The molecule has 1 atom stereocenters. The molecule has 2 amide bonds. The first-order valence-electron chi connectivity index (χ1n) is 6.10. The number of nitrogens with one attached hydrogen (secondary N) is 2. The van der Waals surface area contributed by atoms with Crippen LogP contribution in [0.2, 0.25) is 0 Å². The highest BCUT2D eigenvalue weighted by Crippen LogP contribution is 2.15. The molecule has 19 heavy (non-hydrogen) atoms. The summed E-state index contributed by atoms with van der Waals surface area (Å²) in [6.07, 6.45) is 0.766. The fourth-order valence-electron chi connectivity index (χ4n) is 1.67. The van der Waals surface area contributed by atoms with Gasteiger partial charge in [-0.3, -0.25) is 4.79 Å². The Hall–Kier alpha value is -2.08. The van der Waals surface area contributed by atoms with Gasteiger partial charge in [0.25, 0.3) is 0 Å². The van der Waals surface area contributed by atoms with Gasteiger partial charge < -0.3 is 21.5 Å². The second kappa shape index (κ2) is 7.38. The first kappa shape index (κ1) is 15.0. The van der Waals surface area contributed by atoms with E-state index in [9.17, 15) is 9.59 Å². The number of rotatable bonds is 7. The third kappa shape index (κ3) is 5.87. The van der Waals surface area contributed by atoms with Gasteiger partial charge in [-0.2, -0.15) is 0 Å². The van der Waals surface area contributed by atoms with Crippen molar-refractivity contribution in [3.05, 3.63) is 29.8 Å². The average molecular weight is 265 g/mol. The molecule has 0 saturated heterocycles. The van der Waals surface area contributed by atoms with Crippen LogP contribution < -0.4 is 16.4 Å². The number of benzene rings is 1. The topological polar surface area (TPSA) is 104 Å². The summed E-state index contributed by atoms with van der Waals surface area (Å²) in [6, 6.07) is 6.86. The lowest BCUT2D eigenvalue weighted by Crippen LogP contribution is -2.21. The Balaban J connectivity index is 2.41. The number of carboxylic acids is 1. The van der Waals surface area contributed by atoms with Crippen molar-refractivity contribution in [3.63, 3.8) is 0 Å². The number of hydrogen-bond acceptors (Lipinski definition) is 3. The number of urea groups is 1. The maximum atomic E-state index is 10.7. The molecular formula is C13H19N3O3. The van der Waals surface area contributed by atoms with Gasteiger partial charge in [0.2, 0.25) is 0 Å². The SMILES string of the molecule is CC(NCCCC(=O)O)c1ccc(NC(N)=O)cc1. The zero-order chi connectivity index (χ0) is 14.3. The quantitative estimate of drug-likeness (QED) is 0.563. The van der Waals surface area contributed by atoms with Crippen molar-refractivity contribution in [1.29, 1.82) is 0 Å². The van der Waals surface area contributed by atoms with Gasteiger partial charge in [0, 0.05) is 18.2 Å². The molecule has 0 bridgehead atoms. The van der Waals surface area contributed by atoms with Crippen molar-refractivity contribution in [2.75, 3.05) is 11.9 Å². The van der Waals surface area contributed by atoms with Crippen molar-refractivity contribution in [2.45, 2.75) is 25.8 Å². The van der Waals surface area contributed by atoms with Crippen LogP contribution in [0.15, 0.2) is 24.3 Å². The van der Waals surface area contributed by atoms with Crippen molar-refractivity contribution < 1.29 is 14.7 Å². The lowest BCUT2D eigenvalue weighted by Gasteiger charge is -2.14. The molecule has 1 aromatic rings. The van der Waals surface area contributed by atoms with Crippen LogP contribution in [0.5, 0.6) is 0 Å². The van der Waals surface area contributed by atoms with E-state index in [1.54, 1.807) is 12.1 Å². The van der Waals surface area contributed by atoms with Crippen LogP contribution in [0.1, 0.15) is 31.4 Å². The monoisotopic (exact) mass is 265 g/mol. The Labute approximate surface area is 112 Å². The third-order valence-electron chi connectivity index (χ3n) is 2.70. The molecule has 104 valence electrons. The molecule has 0 radical (unpaired) electrons. The molecule has 0 aromatic heterocycles. The number of anilines is 1. The minimum atomic E-state index is -0.781. The zero-order valence-electron chi connectivity index (χ0n) is 10.8. The molecule has 1 aromatic carbocycles. The number of primary amides is 1. The first-order chi connectivity index (χ1) is 8.99. The Bertz CT molecular complexity index is 431. The molecule has 0 heterocycles. The van der Waals surface area contributed by atoms with E-state index in [2.05, 4.69) is 10.6 Å². The minimum Gasteiger partial charge on any atom is -0.481 e. The highest BCUT2D eigenvalue weighted by atomic mass is 16.4. The number of carbonyl (C=O) groups excluding carboxylic acids is 1. The molecule has 0 spiro atoms. The second-order valence-corrected chi connectivity index (χ2v) is 4.28. The lowest BCUT2D eigenvalue weighted by atomic mass is 10.1. The van der Waals surface area contributed by atoms with Gasteiger partial charge in [-0.05, 0) is 37.6 Å². The van der Waals surface area contributed by atoms with Gasteiger partial charge in [0.05, 0.1) is 0 Å². The minimum absolute atomic E-state index is 0.122. The molecule has 6 nitrogen and oxygen atoms in total. The molecule has 0 saturated carbocycles. The van der Waals surface area contributed by atoms with Crippen LogP contribution in [0.3, 0.4) is 0 Å². The van der Waals surface area contributed by atoms with Gasteiger partial charge in [-0.1, -0.05) is 12.1 Å². The summed E-state index contributed by atoms with van der Waals surface area (Å²) in [6.45, 7) is 2.64. The third-order valence-corrected chi connectivity index (χ3v) is 2.70. The van der Waals surface area contributed by atoms with E-state index in [1.807, 2.05) is 19.1 Å². The van der Waals surface area contributed by atoms with Gasteiger partial charge >= 0.3 is 12.0 Å². The van der Waals surface area contributed by atoms with Crippen LogP contribution in [0.25, 0.3) is 0 Å². The molecule has 0 aliphatic heterocycles. The standard InChI is InChI=1S/C13H19N3O3/c1-9(15-8-2-3-12(17)18)10-4-6-11(7-5-10)16-13(14)19/h4-7,9,15H,2-3,8H2,1H3,(H,17,18)(H3,14,16,19). The molecule has 1 rings (SSSR count). The van der Waals surface area contributed by atoms with Gasteiger partial charge in [-0.15, -0.1) is 0 Å². The summed E-state index contributed by atoms with van der Waals surface area (Å²) in [5.74, 6) is -0.781. The van der Waals surface area contributed by atoms with Crippen molar-refractivity contribution in [1.82, 2.24) is 5.32 Å². The van der Waals surface area contributed by atoms with E-state index in [4.69, 9.17) is 10.8 Å². The molecule has 6 heteroatoms. The summed E-state index contributed by atoms with van der Waals surface area (Å²) in [4.78, 5) is 21.0. The lowest BCUT2D eigenvalue weighted by molar-refractivity contribution is -0.137. The highest BCUT2D eigenvalue weighted by Gasteiger charge is 2.05. The van der Waals surface area contributed by atoms with Crippen LogP contribution >= 0.6 is 0 Å². The van der Waals surface area contributed by atoms with Crippen molar-refractivity contribution in [3.8, 4) is 0 Å². The maximum absolute atomic E-state index is 10.7.